The lowest BCUT2D eigenvalue weighted by molar-refractivity contribution is 0.272. The van der Waals surface area contributed by atoms with Crippen molar-refractivity contribution in [2.24, 2.45) is 0 Å². The normalized spacial score (nSPS) is 16.4. The van der Waals surface area contributed by atoms with E-state index in [2.05, 4.69) is 29.6 Å². The van der Waals surface area contributed by atoms with Crippen LogP contribution in [-0.4, -0.2) is 13.7 Å². The van der Waals surface area contributed by atoms with E-state index in [4.69, 9.17) is 16.3 Å². The molecule has 3 heteroatoms. The number of fused-ring (bicyclic) bond motifs is 1. The van der Waals surface area contributed by atoms with Gasteiger partial charge in [-0.3, -0.25) is 0 Å². The minimum atomic E-state index is 0.491. The van der Waals surface area contributed by atoms with Crippen LogP contribution in [0.5, 0.6) is 5.75 Å². The van der Waals surface area contributed by atoms with E-state index in [1.807, 2.05) is 25.2 Å². The molecule has 104 valence electrons. The third-order valence-electron chi connectivity index (χ3n) is 3.81. The Morgan fingerprint density at radius 2 is 2.05 bits per heavy atom. The zero-order chi connectivity index (χ0) is 13.9. The maximum Gasteiger partial charge on any atom is 0.142 e. The highest BCUT2D eigenvalue weighted by Gasteiger charge is 2.26. The van der Waals surface area contributed by atoms with Crippen LogP contribution in [0.25, 0.3) is 0 Å². The molecule has 2 aromatic rings. The molecule has 0 fully saturated rings. The fourth-order valence-electron chi connectivity index (χ4n) is 2.74. The maximum atomic E-state index is 6.26. The molecule has 1 unspecified atom stereocenters. The van der Waals surface area contributed by atoms with Gasteiger partial charge in [0, 0.05) is 18.0 Å². The van der Waals surface area contributed by atoms with Crippen LogP contribution in [0, 0.1) is 0 Å². The molecule has 1 N–H and O–H groups in total. The van der Waals surface area contributed by atoms with Crippen LogP contribution in [0.3, 0.4) is 0 Å². The average molecular weight is 288 g/mol. The monoisotopic (exact) mass is 287 g/mol. The van der Waals surface area contributed by atoms with E-state index in [0.29, 0.717) is 17.5 Å². The molecule has 0 aliphatic heterocycles. The largest absolute Gasteiger partial charge is 0.491 e. The topological polar surface area (TPSA) is 21.3 Å². The Kier molecular flexibility index (Phi) is 3.95. The molecule has 3 rings (SSSR count). The van der Waals surface area contributed by atoms with Crippen LogP contribution in [0.15, 0.2) is 42.5 Å². The third kappa shape index (κ3) is 2.54. The summed E-state index contributed by atoms with van der Waals surface area (Å²) in [6, 6.07) is 14.4. The van der Waals surface area contributed by atoms with Gasteiger partial charge in [-0.2, -0.15) is 0 Å². The second-order valence-electron chi connectivity index (χ2n) is 5.17. The zero-order valence-corrected chi connectivity index (χ0v) is 12.3. The molecule has 1 aliphatic carbocycles. The molecule has 1 atom stereocenters. The van der Waals surface area contributed by atoms with Gasteiger partial charge in [-0.25, -0.2) is 0 Å². The Morgan fingerprint density at radius 1 is 1.20 bits per heavy atom. The van der Waals surface area contributed by atoms with E-state index in [-0.39, 0.29) is 0 Å². The number of hydrogen-bond acceptors (Lipinski definition) is 2. The van der Waals surface area contributed by atoms with Crippen LogP contribution in [0.2, 0.25) is 5.02 Å². The van der Waals surface area contributed by atoms with Crippen molar-refractivity contribution in [1.82, 2.24) is 5.32 Å². The quantitative estimate of drug-likeness (QED) is 0.904. The molecule has 0 aromatic heterocycles. The molecule has 0 spiro atoms. The average Bonchev–Trinajstić information content (AvgIpc) is 2.43. The summed E-state index contributed by atoms with van der Waals surface area (Å²) >= 11 is 6.26. The van der Waals surface area contributed by atoms with Gasteiger partial charge in [0.15, 0.2) is 0 Å². The highest BCUT2D eigenvalue weighted by atomic mass is 35.5. The molecule has 0 bridgehead atoms. The van der Waals surface area contributed by atoms with Crippen molar-refractivity contribution >= 4 is 11.6 Å². The molecular formula is C17H18ClNO. The summed E-state index contributed by atoms with van der Waals surface area (Å²) in [7, 11) is 1.92. The van der Waals surface area contributed by atoms with E-state index < -0.39 is 0 Å². The molecule has 0 heterocycles. The molecule has 2 nitrogen and oxygen atoms in total. The van der Waals surface area contributed by atoms with Gasteiger partial charge >= 0.3 is 0 Å². The van der Waals surface area contributed by atoms with E-state index >= 15 is 0 Å². The van der Waals surface area contributed by atoms with E-state index in [1.54, 1.807) is 0 Å². The summed E-state index contributed by atoms with van der Waals surface area (Å²) in [6.45, 7) is 1.45. The maximum absolute atomic E-state index is 6.26. The van der Waals surface area contributed by atoms with Crippen molar-refractivity contribution in [3.05, 3.63) is 64.2 Å². The van der Waals surface area contributed by atoms with Crippen LogP contribution >= 0.6 is 11.6 Å². The molecule has 0 amide bonds. The summed E-state index contributed by atoms with van der Waals surface area (Å²) in [5, 5.41) is 3.83. The van der Waals surface area contributed by atoms with Crippen molar-refractivity contribution in [1.29, 1.82) is 0 Å². The second kappa shape index (κ2) is 5.86. The summed E-state index contributed by atoms with van der Waals surface area (Å²) < 4.78 is 6.01. The SMILES string of the molecule is CNCc1cccc(Cl)c1OCC1Cc2ccccc21. The molecule has 0 saturated carbocycles. The van der Waals surface area contributed by atoms with Crippen LogP contribution in [0.1, 0.15) is 22.6 Å². The lowest BCUT2D eigenvalue weighted by Crippen LogP contribution is -2.23. The molecule has 2 aromatic carbocycles. The van der Waals surface area contributed by atoms with E-state index in [9.17, 15) is 0 Å². The number of ether oxygens (including phenoxy) is 1. The number of hydrogen-bond donors (Lipinski definition) is 1. The van der Waals surface area contributed by atoms with Crippen molar-refractivity contribution in [2.45, 2.75) is 18.9 Å². The summed E-state index contributed by atoms with van der Waals surface area (Å²) in [4.78, 5) is 0. The first-order valence-corrected chi connectivity index (χ1v) is 7.30. The lowest BCUT2D eigenvalue weighted by Gasteiger charge is -2.30. The highest BCUT2D eigenvalue weighted by Crippen LogP contribution is 2.36. The Morgan fingerprint density at radius 3 is 2.85 bits per heavy atom. The number of benzene rings is 2. The number of rotatable bonds is 5. The molecule has 20 heavy (non-hydrogen) atoms. The predicted molar refractivity (Wildman–Crippen MR) is 82.6 cm³/mol. The first-order valence-electron chi connectivity index (χ1n) is 6.92. The Labute approximate surface area is 124 Å². The summed E-state index contributed by atoms with van der Waals surface area (Å²) in [6.07, 6.45) is 1.10. The van der Waals surface area contributed by atoms with Crippen LogP contribution in [0.4, 0.5) is 0 Å². The van der Waals surface area contributed by atoms with Gasteiger partial charge in [0.2, 0.25) is 0 Å². The first kappa shape index (κ1) is 13.5. The van der Waals surface area contributed by atoms with Gasteiger partial charge < -0.3 is 10.1 Å². The van der Waals surface area contributed by atoms with Gasteiger partial charge in [-0.05, 0) is 30.7 Å². The predicted octanol–water partition coefficient (Wildman–Crippen LogP) is 3.78. The van der Waals surface area contributed by atoms with Gasteiger partial charge in [0.05, 0.1) is 11.6 Å². The van der Waals surface area contributed by atoms with Crippen molar-refractivity contribution in [3.63, 3.8) is 0 Å². The standard InChI is InChI=1S/C17H18ClNO/c1-19-10-13-6-4-8-16(18)17(13)20-11-14-9-12-5-2-3-7-15(12)14/h2-8,14,19H,9-11H2,1H3. The third-order valence-corrected chi connectivity index (χ3v) is 4.10. The number of nitrogens with one attached hydrogen (secondary N) is 1. The Hall–Kier alpha value is -1.51. The molecular weight excluding hydrogens is 270 g/mol. The fourth-order valence-corrected chi connectivity index (χ4v) is 2.99. The minimum Gasteiger partial charge on any atom is -0.491 e. The van der Waals surface area contributed by atoms with Crippen LogP contribution < -0.4 is 10.1 Å². The Balaban J connectivity index is 1.71. The number of para-hydroxylation sites is 1. The summed E-state index contributed by atoms with van der Waals surface area (Å²) in [5.41, 5.74) is 3.96. The van der Waals surface area contributed by atoms with E-state index in [1.165, 1.54) is 11.1 Å². The van der Waals surface area contributed by atoms with Gasteiger partial charge in [0.1, 0.15) is 5.75 Å². The second-order valence-corrected chi connectivity index (χ2v) is 5.58. The Bertz CT molecular complexity index is 612. The zero-order valence-electron chi connectivity index (χ0n) is 11.5. The molecule has 0 saturated heterocycles. The molecule has 0 radical (unpaired) electrons. The number of halogens is 1. The van der Waals surface area contributed by atoms with Gasteiger partial charge in [0.25, 0.3) is 0 Å². The minimum absolute atomic E-state index is 0.491. The van der Waals surface area contributed by atoms with Gasteiger partial charge in [-0.1, -0.05) is 48.0 Å². The fraction of sp³-hybridized carbons (Fsp3) is 0.294. The van der Waals surface area contributed by atoms with Crippen molar-refractivity contribution in [2.75, 3.05) is 13.7 Å². The lowest BCUT2D eigenvalue weighted by atomic mass is 9.78. The van der Waals surface area contributed by atoms with E-state index in [0.717, 1.165) is 24.3 Å². The van der Waals surface area contributed by atoms with Crippen molar-refractivity contribution < 1.29 is 4.74 Å². The highest BCUT2D eigenvalue weighted by molar-refractivity contribution is 6.32. The first-order chi connectivity index (χ1) is 9.79. The van der Waals surface area contributed by atoms with Crippen LogP contribution in [-0.2, 0) is 13.0 Å². The van der Waals surface area contributed by atoms with Crippen molar-refractivity contribution in [3.8, 4) is 5.75 Å². The smallest absolute Gasteiger partial charge is 0.142 e. The van der Waals surface area contributed by atoms with Gasteiger partial charge in [-0.15, -0.1) is 0 Å². The molecule has 1 aliphatic rings. The summed E-state index contributed by atoms with van der Waals surface area (Å²) in [5.74, 6) is 1.30.